The minimum Gasteiger partial charge on any atom is -0.393 e. The van der Waals surface area contributed by atoms with E-state index in [-0.39, 0.29) is 22.7 Å². The Morgan fingerprint density at radius 3 is 1.63 bits per heavy atom. The van der Waals surface area contributed by atoms with Crippen molar-refractivity contribution in [3.05, 3.63) is 119 Å². The summed E-state index contributed by atoms with van der Waals surface area (Å²) in [4.78, 5) is 12.9. The second-order valence-corrected chi connectivity index (χ2v) is 14.2. The summed E-state index contributed by atoms with van der Waals surface area (Å²) in [6.07, 6.45) is 30.6. The van der Waals surface area contributed by atoms with Crippen LogP contribution in [0.5, 0.6) is 0 Å². The number of hydrogen-bond donors (Lipinski definition) is 2. The fourth-order valence-electron chi connectivity index (χ4n) is 6.19. The lowest BCUT2D eigenvalue weighted by molar-refractivity contribution is -0.127. The van der Waals surface area contributed by atoms with Gasteiger partial charge in [-0.2, -0.15) is 0 Å². The number of ketones is 1. The molecule has 2 N–H and O–H groups in total. The Morgan fingerprint density at radius 2 is 1.14 bits per heavy atom. The van der Waals surface area contributed by atoms with Crippen LogP contribution in [0.15, 0.2) is 119 Å². The molecule has 0 saturated heterocycles. The van der Waals surface area contributed by atoms with Gasteiger partial charge in [0.1, 0.15) is 0 Å². The summed E-state index contributed by atoms with van der Waals surface area (Å²) in [5, 5.41) is 20.2. The highest BCUT2D eigenvalue weighted by molar-refractivity contribution is 5.95. The molecule has 3 atom stereocenters. The summed E-state index contributed by atoms with van der Waals surface area (Å²) in [6.45, 7) is 20.9. The summed E-state index contributed by atoms with van der Waals surface area (Å²) in [7, 11) is 0. The van der Waals surface area contributed by atoms with Gasteiger partial charge in [0.05, 0.1) is 12.2 Å². The smallest absolute Gasteiger partial charge is 0.162 e. The second kappa shape index (κ2) is 15.6. The Labute approximate surface area is 262 Å². The van der Waals surface area contributed by atoms with E-state index in [1.54, 1.807) is 6.08 Å². The zero-order valence-electron chi connectivity index (χ0n) is 28.4. The Hall–Kier alpha value is -3.01. The number of aliphatic hydroxyl groups is 2. The molecule has 0 radical (unpaired) electrons. The van der Waals surface area contributed by atoms with Crippen LogP contribution < -0.4 is 0 Å². The van der Waals surface area contributed by atoms with E-state index in [1.807, 2.05) is 50.3 Å². The van der Waals surface area contributed by atoms with E-state index in [0.717, 1.165) is 29.6 Å². The summed E-state index contributed by atoms with van der Waals surface area (Å²) in [5.41, 5.74) is 6.34. The predicted molar refractivity (Wildman–Crippen MR) is 185 cm³/mol. The van der Waals surface area contributed by atoms with Crippen molar-refractivity contribution in [1.29, 1.82) is 0 Å². The normalized spacial score (nSPS) is 27.7. The van der Waals surface area contributed by atoms with Crippen LogP contribution in [0.25, 0.3) is 0 Å². The maximum Gasteiger partial charge on any atom is 0.162 e. The maximum absolute atomic E-state index is 12.9. The summed E-state index contributed by atoms with van der Waals surface area (Å²) >= 11 is 0. The Kier molecular flexibility index (Phi) is 13.2. The van der Waals surface area contributed by atoms with Crippen LogP contribution in [0.3, 0.4) is 0 Å². The van der Waals surface area contributed by atoms with E-state index < -0.39 is 11.5 Å². The molecule has 43 heavy (non-hydrogen) atoms. The molecule has 0 spiro atoms. The molecule has 0 aromatic heterocycles. The van der Waals surface area contributed by atoms with Gasteiger partial charge in [-0.3, -0.25) is 4.79 Å². The minimum absolute atomic E-state index is 0.00528. The van der Waals surface area contributed by atoms with Crippen molar-refractivity contribution in [2.75, 3.05) is 0 Å². The number of carbonyl (C=O) groups is 1. The maximum atomic E-state index is 12.9. The van der Waals surface area contributed by atoms with Gasteiger partial charge in [0.2, 0.25) is 0 Å². The lowest BCUT2D eigenvalue weighted by atomic mass is 9.66. The third-order valence-electron chi connectivity index (χ3n) is 9.18. The molecule has 0 bridgehead atoms. The van der Waals surface area contributed by atoms with Gasteiger partial charge in [0, 0.05) is 5.41 Å². The van der Waals surface area contributed by atoms with Gasteiger partial charge in [-0.25, -0.2) is 0 Å². The Bertz CT molecular complexity index is 1310. The summed E-state index contributed by atoms with van der Waals surface area (Å²) in [6, 6.07) is 0. The monoisotopic (exact) mass is 584 g/mol. The quantitative estimate of drug-likeness (QED) is 0.188. The van der Waals surface area contributed by atoms with Gasteiger partial charge in [-0.05, 0) is 82.8 Å². The highest BCUT2D eigenvalue weighted by Gasteiger charge is 2.52. The van der Waals surface area contributed by atoms with Crippen molar-refractivity contribution in [3.63, 3.8) is 0 Å². The third kappa shape index (κ3) is 10.9. The van der Waals surface area contributed by atoms with Crippen LogP contribution in [0.1, 0.15) is 94.9 Å². The average Bonchev–Trinajstić information content (AvgIpc) is 3.10. The van der Waals surface area contributed by atoms with Crippen LogP contribution in [0, 0.1) is 16.2 Å². The molecule has 0 aromatic carbocycles. The van der Waals surface area contributed by atoms with Crippen molar-refractivity contribution in [1.82, 2.24) is 0 Å². The van der Waals surface area contributed by atoms with E-state index in [4.69, 9.17) is 0 Å². The molecule has 0 amide bonds. The summed E-state index contributed by atoms with van der Waals surface area (Å²) in [5.74, 6) is 0.0853. The number of allylic oxidation sites excluding steroid dienone is 19. The first-order valence-electron chi connectivity index (χ1n) is 15.7. The van der Waals surface area contributed by atoms with Crippen LogP contribution >= 0.6 is 0 Å². The van der Waals surface area contributed by atoms with E-state index in [9.17, 15) is 15.0 Å². The fraction of sp³-hybridized carbons (Fsp3) is 0.475. The van der Waals surface area contributed by atoms with Gasteiger partial charge in [0.15, 0.2) is 5.78 Å². The van der Waals surface area contributed by atoms with E-state index in [1.165, 1.54) is 16.7 Å². The number of carbonyl (C=O) groups excluding carboxylic acids is 1. The molecule has 0 aliphatic heterocycles. The van der Waals surface area contributed by atoms with Crippen molar-refractivity contribution < 1.29 is 15.0 Å². The highest BCUT2D eigenvalue weighted by atomic mass is 16.3. The largest absolute Gasteiger partial charge is 0.393 e. The van der Waals surface area contributed by atoms with Crippen molar-refractivity contribution in [2.45, 2.75) is 107 Å². The zero-order chi connectivity index (χ0) is 32.4. The van der Waals surface area contributed by atoms with Gasteiger partial charge in [-0.15, -0.1) is 0 Å². The van der Waals surface area contributed by atoms with Crippen LogP contribution in [-0.4, -0.2) is 28.2 Å². The molecule has 2 rings (SSSR count). The van der Waals surface area contributed by atoms with Crippen LogP contribution in [-0.2, 0) is 4.79 Å². The first-order chi connectivity index (χ1) is 20.0. The molecule has 2 aliphatic carbocycles. The SMILES string of the molecule is CC1=C(/C=C/C(C)=C/C=C/C(C)=C/C=C/C=C(C)/C=C\C=C(C)\C=C\C(=O)[C@]2(C)C[C@@H](O)CC2(C)C)C(C)(C)C[C@H](O)C1. The highest BCUT2D eigenvalue weighted by Crippen LogP contribution is 2.53. The summed E-state index contributed by atoms with van der Waals surface area (Å²) < 4.78 is 0. The number of aliphatic hydroxyl groups excluding tert-OH is 2. The molecule has 3 nitrogen and oxygen atoms in total. The Balaban J connectivity index is 1.89. The second-order valence-electron chi connectivity index (χ2n) is 14.2. The van der Waals surface area contributed by atoms with Gasteiger partial charge in [0.25, 0.3) is 0 Å². The van der Waals surface area contributed by atoms with E-state index in [0.29, 0.717) is 12.8 Å². The van der Waals surface area contributed by atoms with Crippen molar-refractivity contribution in [2.24, 2.45) is 16.2 Å². The standard InChI is InChI=1S/C40H56O3/c1-29(17-13-19-31(3)21-23-36-33(5)25-34(41)26-38(36,6)7)15-11-12-16-30(2)18-14-20-32(4)22-24-37(43)40(10)28-35(42)27-39(40,8)9/h11-24,34-35,41-42H,25-28H2,1-10H3/b12-11+,17-13+,18-14-,23-21+,24-22+,29-15+,30-16+,31-19+,32-20+/t34-,35+,40+/m1/s1. The van der Waals surface area contributed by atoms with Gasteiger partial charge >= 0.3 is 0 Å². The van der Waals surface area contributed by atoms with E-state index >= 15 is 0 Å². The molecular weight excluding hydrogens is 528 g/mol. The fourth-order valence-corrected chi connectivity index (χ4v) is 6.19. The van der Waals surface area contributed by atoms with Crippen molar-refractivity contribution >= 4 is 5.78 Å². The molecular formula is C40H56O3. The molecule has 1 saturated carbocycles. The lowest BCUT2D eigenvalue weighted by Gasteiger charge is -2.35. The Morgan fingerprint density at radius 1 is 0.651 bits per heavy atom. The first-order valence-corrected chi connectivity index (χ1v) is 15.7. The minimum atomic E-state index is -0.532. The molecule has 234 valence electrons. The van der Waals surface area contributed by atoms with Crippen molar-refractivity contribution in [3.8, 4) is 0 Å². The van der Waals surface area contributed by atoms with E-state index in [2.05, 4.69) is 97.9 Å². The molecule has 1 fully saturated rings. The van der Waals surface area contributed by atoms with Gasteiger partial charge < -0.3 is 10.2 Å². The molecule has 0 unspecified atom stereocenters. The number of hydrogen-bond acceptors (Lipinski definition) is 3. The van der Waals surface area contributed by atoms with Crippen LogP contribution in [0.2, 0.25) is 0 Å². The first kappa shape index (κ1) is 36.2. The molecule has 0 aromatic rings. The predicted octanol–water partition coefficient (Wildman–Crippen LogP) is 9.81. The zero-order valence-corrected chi connectivity index (χ0v) is 28.4. The lowest BCUT2D eigenvalue weighted by Crippen LogP contribution is -2.36. The molecule has 3 heteroatoms. The topological polar surface area (TPSA) is 57.5 Å². The third-order valence-corrected chi connectivity index (χ3v) is 9.18. The average molecular weight is 585 g/mol. The van der Waals surface area contributed by atoms with Gasteiger partial charge in [-0.1, -0.05) is 141 Å². The number of rotatable bonds is 11. The molecule has 2 aliphatic rings. The molecule has 0 heterocycles. The van der Waals surface area contributed by atoms with Crippen LogP contribution in [0.4, 0.5) is 0 Å².